The largest absolute Gasteiger partial charge is 0.505 e. The number of fused-ring (bicyclic) bond motifs is 1. The molecule has 0 radical (unpaired) electrons. The first-order chi connectivity index (χ1) is 9.65. The predicted molar refractivity (Wildman–Crippen MR) is 78.7 cm³/mol. The van der Waals surface area contributed by atoms with Crippen molar-refractivity contribution >= 4 is 28.2 Å². The van der Waals surface area contributed by atoms with E-state index in [1.165, 1.54) is 12.1 Å². The predicted octanol–water partition coefficient (Wildman–Crippen LogP) is 4.28. The van der Waals surface area contributed by atoms with Gasteiger partial charge in [0.1, 0.15) is 0 Å². The molecule has 102 valence electrons. The molecule has 0 fully saturated rings. The van der Waals surface area contributed by atoms with Crippen molar-refractivity contribution < 1.29 is 9.50 Å². The van der Waals surface area contributed by atoms with Gasteiger partial charge in [-0.15, -0.1) is 0 Å². The van der Waals surface area contributed by atoms with E-state index in [1.807, 2.05) is 24.3 Å². The van der Waals surface area contributed by atoms with Crippen molar-refractivity contribution in [1.29, 1.82) is 0 Å². The van der Waals surface area contributed by atoms with Gasteiger partial charge in [-0.2, -0.15) is 0 Å². The standard InChI is InChI=1S/C15H12ClFN2O/c16-15-10-3-1-2-4-12(10)19-13(15)8-18-9-5-6-14(20)11(17)7-9/h1-7,18-20H,8H2. The average Bonchev–Trinajstić information content (AvgIpc) is 2.77. The number of phenolic OH excluding ortho intramolecular Hbond substituents is 1. The van der Waals surface area contributed by atoms with Gasteiger partial charge in [0.15, 0.2) is 11.6 Å². The molecule has 20 heavy (non-hydrogen) atoms. The summed E-state index contributed by atoms with van der Waals surface area (Å²) in [5.41, 5.74) is 2.38. The first-order valence-corrected chi connectivity index (χ1v) is 6.50. The third-order valence-electron chi connectivity index (χ3n) is 3.13. The molecule has 3 rings (SSSR count). The van der Waals surface area contributed by atoms with E-state index in [2.05, 4.69) is 10.3 Å². The number of aromatic nitrogens is 1. The molecule has 0 aliphatic carbocycles. The Bertz CT molecular complexity index is 770. The average molecular weight is 291 g/mol. The number of halogens is 2. The van der Waals surface area contributed by atoms with Gasteiger partial charge in [0, 0.05) is 22.7 Å². The molecule has 0 unspecified atom stereocenters. The van der Waals surface area contributed by atoms with Crippen LogP contribution in [0.5, 0.6) is 5.75 Å². The third kappa shape index (κ3) is 2.30. The number of nitrogens with one attached hydrogen (secondary N) is 2. The van der Waals surface area contributed by atoms with Crippen LogP contribution in [0.3, 0.4) is 0 Å². The van der Waals surface area contributed by atoms with Crippen LogP contribution >= 0.6 is 11.6 Å². The number of hydrogen-bond donors (Lipinski definition) is 3. The summed E-state index contributed by atoms with van der Waals surface area (Å²) in [6.45, 7) is 0.442. The van der Waals surface area contributed by atoms with Crippen LogP contribution in [-0.2, 0) is 6.54 Å². The highest BCUT2D eigenvalue weighted by atomic mass is 35.5. The van der Waals surface area contributed by atoms with Gasteiger partial charge in [0.05, 0.1) is 17.3 Å². The Morgan fingerprint density at radius 3 is 2.75 bits per heavy atom. The lowest BCUT2D eigenvalue weighted by Gasteiger charge is -2.06. The van der Waals surface area contributed by atoms with Gasteiger partial charge in [-0.3, -0.25) is 0 Å². The molecule has 0 aliphatic heterocycles. The Morgan fingerprint density at radius 2 is 2.00 bits per heavy atom. The maximum atomic E-state index is 13.2. The van der Waals surface area contributed by atoms with Crippen molar-refractivity contribution in [2.75, 3.05) is 5.32 Å². The fourth-order valence-corrected chi connectivity index (χ4v) is 2.37. The maximum absolute atomic E-state index is 13.2. The van der Waals surface area contributed by atoms with E-state index >= 15 is 0 Å². The lowest BCUT2D eigenvalue weighted by molar-refractivity contribution is 0.432. The number of aromatic amines is 1. The Morgan fingerprint density at radius 1 is 1.20 bits per heavy atom. The third-order valence-corrected chi connectivity index (χ3v) is 3.56. The van der Waals surface area contributed by atoms with Gasteiger partial charge in [0.2, 0.25) is 0 Å². The van der Waals surface area contributed by atoms with E-state index in [0.717, 1.165) is 16.6 Å². The summed E-state index contributed by atoms with van der Waals surface area (Å²) in [5, 5.41) is 13.8. The van der Waals surface area contributed by atoms with Gasteiger partial charge >= 0.3 is 0 Å². The van der Waals surface area contributed by atoms with Gasteiger partial charge in [0.25, 0.3) is 0 Å². The van der Waals surface area contributed by atoms with Crippen molar-refractivity contribution in [3.63, 3.8) is 0 Å². The van der Waals surface area contributed by atoms with Crippen LogP contribution in [-0.4, -0.2) is 10.1 Å². The van der Waals surface area contributed by atoms with Crippen LogP contribution in [0.2, 0.25) is 5.02 Å². The number of rotatable bonds is 3. The van der Waals surface area contributed by atoms with Gasteiger partial charge in [-0.25, -0.2) is 4.39 Å². The summed E-state index contributed by atoms with van der Waals surface area (Å²) in [4.78, 5) is 3.22. The number of aromatic hydroxyl groups is 1. The zero-order valence-corrected chi connectivity index (χ0v) is 11.2. The van der Waals surface area contributed by atoms with Crippen LogP contribution in [0, 0.1) is 5.82 Å². The molecule has 0 saturated heterocycles. The minimum absolute atomic E-state index is 0.362. The summed E-state index contributed by atoms with van der Waals surface area (Å²) in [5.74, 6) is -1.02. The lowest BCUT2D eigenvalue weighted by atomic mass is 10.2. The normalized spacial score (nSPS) is 10.9. The molecule has 1 aromatic heterocycles. The fraction of sp³-hybridized carbons (Fsp3) is 0.0667. The van der Waals surface area contributed by atoms with Gasteiger partial charge < -0.3 is 15.4 Å². The summed E-state index contributed by atoms with van der Waals surface area (Å²) in [7, 11) is 0. The van der Waals surface area contributed by atoms with E-state index in [4.69, 9.17) is 16.7 Å². The smallest absolute Gasteiger partial charge is 0.166 e. The Labute approximate surface area is 120 Å². The van der Waals surface area contributed by atoms with Crippen LogP contribution in [0.4, 0.5) is 10.1 Å². The van der Waals surface area contributed by atoms with Crippen molar-refractivity contribution in [3.05, 3.63) is 59.0 Å². The van der Waals surface area contributed by atoms with Gasteiger partial charge in [-0.05, 0) is 18.2 Å². The van der Waals surface area contributed by atoms with Crippen molar-refractivity contribution in [2.24, 2.45) is 0 Å². The Kier molecular flexibility index (Phi) is 3.24. The molecule has 0 aliphatic rings. The summed E-state index contributed by atoms with van der Waals surface area (Å²) in [6, 6.07) is 11.9. The summed E-state index contributed by atoms with van der Waals surface area (Å²) < 4.78 is 13.2. The highest BCUT2D eigenvalue weighted by Gasteiger charge is 2.09. The highest BCUT2D eigenvalue weighted by molar-refractivity contribution is 6.36. The van der Waals surface area contributed by atoms with E-state index in [9.17, 15) is 4.39 Å². The first-order valence-electron chi connectivity index (χ1n) is 6.12. The quantitative estimate of drug-likeness (QED) is 0.631. The summed E-state index contributed by atoms with van der Waals surface area (Å²) in [6.07, 6.45) is 0. The number of hydrogen-bond acceptors (Lipinski definition) is 2. The molecule has 3 N–H and O–H groups in total. The molecule has 5 heteroatoms. The monoisotopic (exact) mass is 290 g/mol. The minimum atomic E-state index is -0.655. The van der Waals surface area contributed by atoms with Crippen LogP contribution in [0.15, 0.2) is 42.5 Å². The van der Waals surface area contributed by atoms with E-state index in [1.54, 1.807) is 6.07 Å². The fourth-order valence-electron chi connectivity index (χ4n) is 2.09. The van der Waals surface area contributed by atoms with Crippen LogP contribution in [0.1, 0.15) is 5.69 Å². The van der Waals surface area contributed by atoms with E-state index in [0.29, 0.717) is 17.3 Å². The number of benzene rings is 2. The molecule has 1 heterocycles. The second-order valence-corrected chi connectivity index (χ2v) is 4.86. The molecule has 2 aromatic carbocycles. The second kappa shape index (κ2) is 5.06. The number of para-hydroxylation sites is 1. The van der Waals surface area contributed by atoms with Crippen LogP contribution in [0.25, 0.3) is 10.9 Å². The molecule has 0 amide bonds. The topological polar surface area (TPSA) is 48.0 Å². The maximum Gasteiger partial charge on any atom is 0.166 e. The highest BCUT2D eigenvalue weighted by Crippen LogP contribution is 2.28. The number of phenols is 1. The molecule has 0 saturated carbocycles. The Hall–Kier alpha value is -2.20. The zero-order chi connectivity index (χ0) is 14.1. The van der Waals surface area contributed by atoms with Gasteiger partial charge in [-0.1, -0.05) is 29.8 Å². The van der Waals surface area contributed by atoms with E-state index in [-0.39, 0.29) is 5.75 Å². The van der Waals surface area contributed by atoms with Crippen LogP contribution < -0.4 is 5.32 Å². The van der Waals surface area contributed by atoms with Crippen molar-refractivity contribution in [1.82, 2.24) is 4.98 Å². The first kappa shape index (κ1) is 12.8. The molecular formula is C15H12ClFN2O. The zero-order valence-electron chi connectivity index (χ0n) is 10.5. The number of H-pyrrole nitrogens is 1. The van der Waals surface area contributed by atoms with E-state index < -0.39 is 5.82 Å². The lowest BCUT2D eigenvalue weighted by Crippen LogP contribution is -2.00. The minimum Gasteiger partial charge on any atom is -0.505 e. The van der Waals surface area contributed by atoms with Crippen molar-refractivity contribution in [2.45, 2.75) is 6.54 Å². The molecular weight excluding hydrogens is 279 g/mol. The molecule has 0 spiro atoms. The molecule has 3 aromatic rings. The molecule has 0 atom stereocenters. The molecule has 0 bridgehead atoms. The molecule has 3 nitrogen and oxygen atoms in total. The number of anilines is 1. The van der Waals surface area contributed by atoms with Crippen molar-refractivity contribution in [3.8, 4) is 5.75 Å². The Balaban J connectivity index is 1.83. The SMILES string of the molecule is Oc1ccc(NCc2[nH]c3ccccc3c2Cl)cc1F. The summed E-state index contributed by atoms with van der Waals surface area (Å²) >= 11 is 6.29. The second-order valence-electron chi connectivity index (χ2n) is 4.48.